The molecule has 2 aromatic rings. The second-order valence-corrected chi connectivity index (χ2v) is 8.06. The number of rotatable bonds is 6. The van der Waals surface area contributed by atoms with Crippen molar-refractivity contribution in [3.8, 4) is 5.75 Å². The highest BCUT2D eigenvalue weighted by molar-refractivity contribution is 7.90. The monoisotopic (exact) mass is 401 g/mol. The molecule has 1 aliphatic rings. The SMILES string of the molecule is CCCCN1C(c2ccc(OC)cc2)=NS(=O)(=O)c2cc(NC(C)=O)ccc21. The third kappa shape index (κ3) is 4.01. The average molecular weight is 401 g/mol. The first-order chi connectivity index (χ1) is 13.4. The van der Waals surface area contributed by atoms with Crippen LogP contribution in [-0.4, -0.2) is 33.8 Å². The molecule has 0 radical (unpaired) electrons. The largest absolute Gasteiger partial charge is 0.497 e. The number of anilines is 2. The number of nitrogens with one attached hydrogen (secondary N) is 1. The predicted molar refractivity (Wildman–Crippen MR) is 110 cm³/mol. The second-order valence-electron chi connectivity index (χ2n) is 6.49. The van der Waals surface area contributed by atoms with Crippen molar-refractivity contribution in [1.82, 2.24) is 0 Å². The van der Waals surface area contributed by atoms with Crippen LogP contribution in [0.3, 0.4) is 0 Å². The van der Waals surface area contributed by atoms with Gasteiger partial charge in [-0.1, -0.05) is 13.3 Å². The van der Waals surface area contributed by atoms with Gasteiger partial charge in [0.15, 0.2) is 5.84 Å². The fourth-order valence-corrected chi connectivity index (χ4v) is 4.29. The zero-order chi connectivity index (χ0) is 20.3. The van der Waals surface area contributed by atoms with Gasteiger partial charge in [0.05, 0.1) is 12.8 Å². The lowest BCUT2D eigenvalue weighted by atomic mass is 10.1. The number of benzene rings is 2. The molecule has 0 aliphatic carbocycles. The minimum absolute atomic E-state index is 0.0899. The first-order valence-electron chi connectivity index (χ1n) is 9.04. The predicted octanol–water partition coefficient (Wildman–Crippen LogP) is 3.41. The second kappa shape index (κ2) is 8.02. The van der Waals surface area contributed by atoms with Gasteiger partial charge in [-0.3, -0.25) is 4.79 Å². The molecule has 1 heterocycles. The van der Waals surface area contributed by atoms with Crippen LogP contribution in [0.2, 0.25) is 0 Å². The van der Waals surface area contributed by atoms with Crippen molar-refractivity contribution in [3.05, 3.63) is 48.0 Å². The van der Waals surface area contributed by atoms with E-state index in [0.717, 1.165) is 12.8 Å². The molecule has 148 valence electrons. The van der Waals surface area contributed by atoms with Crippen LogP contribution in [0.15, 0.2) is 51.8 Å². The van der Waals surface area contributed by atoms with Crippen molar-refractivity contribution in [2.75, 3.05) is 23.9 Å². The number of carbonyl (C=O) groups is 1. The Kier molecular flexibility index (Phi) is 5.69. The minimum Gasteiger partial charge on any atom is -0.497 e. The fourth-order valence-electron chi connectivity index (χ4n) is 3.04. The Morgan fingerprint density at radius 2 is 1.89 bits per heavy atom. The molecule has 28 heavy (non-hydrogen) atoms. The zero-order valence-electron chi connectivity index (χ0n) is 16.1. The number of ether oxygens (including phenoxy) is 1. The van der Waals surface area contributed by atoms with Gasteiger partial charge in [0.2, 0.25) is 5.91 Å². The van der Waals surface area contributed by atoms with Crippen molar-refractivity contribution < 1.29 is 17.9 Å². The Morgan fingerprint density at radius 1 is 1.18 bits per heavy atom. The molecule has 1 amide bonds. The molecule has 0 saturated heterocycles. The summed E-state index contributed by atoms with van der Waals surface area (Å²) < 4.78 is 35.1. The molecule has 1 aliphatic heterocycles. The molecular weight excluding hydrogens is 378 g/mol. The maximum Gasteiger partial charge on any atom is 0.286 e. The standard InChI is InChI=1S/C20H23N3O4S/c1-4-5-12-23-18-11-8-16(21-14(2)24)13-19(18)28(25,26)22-20(23)15-6-9-17(27-3)10-7-15/h6-11,13H,4-5,12H2,1-3H3,(H,21,24). The van der Waals surface area contributed by atoms with E-state index >= 15 is 0 Å². The van der Waals surface area contributed by atoms with Crippen molar-refractivity contribution in [3.63, 3.8) is 0 Å². The van der Waals surface area contributed by atoms with Crippen LogP contribution in [0, 0.1) is 0 Å². The maximum atomic E-state index is 12.9. The number of carbonyl (C=O) groups excluding carboxylic acids is 1. The molecule has 8 heteroatoms. The number of sulfonamides is 1. The van der Waals surface area contributed by atoms with Crippen LogP contribution in [0.25, 0.3) is 0 Å². The molecule has 0 aromatic heterocycles. The molecule has 2 aromatic carbocycles. The van der Waals surface area contributed by atoms with E-state index in [9.17, 15) is 13.2 Å². The van der Waals surface area contributed by atoms with Crippen LogP contribution < -0.4 is 15.0 Å². The van der Waals surface area contributed by atoms with Crippen molar-refractivity contribution >= 4 is 33.1 Å². The highest BCUT2D eigenvalue weighted by atomic mass is 32.2. The van der Waals surface area contributed by atoms with Gasteiger partial charge in [0.25, 0.3) is 10.0 Å². The number of amides is 1. The van der Waals surface area contributed by atoms with Gasteiger partial charge in [0.1, 0.15) is 10.6 Å². The van der Waals surface area contributed by atoms with Gasteiger partial charge < -0.3 is 15.0 Å². The number of fused-ring (bicyclic) bond motifs is 1. The lowest BCUT2D eigenvalue weighted by molar-refractivity contribution is -0.114. The molecule has 0 saturated carbocycles. The van der Waals surface area contributed by atoms with Crippen LogP contribution >= 0.6 is 0 Å². The summed E-state index contributed by atoms with van der Waals surface area (Å²) >= 11 is 0. The summed E-state index contributed by atoms with van der Waals surface area (Å²) in [6.45, 7) is 4.08. The number of unbranched alkanes of at least 4 members (excludes halogenated alkanes) is 1. The third-order valence-corrected chi connectivity index (χ3v) is 5.69. The van der Waals surface area contributed by atoms with E-state index in [-0.39, 0.29) is 10.8 Å². The topological polar surface area (TPSA) is 88.1 Å². The van der Waals surface area contributed by atoms with E-state index < -0.39 is 10.0 Å². The summed E-state index contributed by atoms with van der Waals surface area (Å²) in [7, 11) is -2.33. The Balaban J connectivity index is 2.12. The van der Waals surface area contributed by atoms with E-state index in [4.69, 9.17) is 4.74 Å². The minimum atomic E-state index is -3.91. The van der Waals surface area contributed by atoms with E-state index in [2.05, 4.69) is 16.6 Å². The maximum absolute atomic E-state index is 12.9. The molecule has 0 atom stereocenters. The molecule has 3 rings (SSSR count). The molecule has 0 bridgehead atoms. The first kappa shape index (κ1) is 19.9. The summed E-state index contributed by atoms with van der Waals surface area (Å²) in [4.78, 5) is 13.3. The Hall–Kier alpha value is -2.87. The van der Waals surface area contributed by atoms with Crippen LogP contribution in [0.5, 0.6) is 5.75 Å². The number of hydrogen-bond donors (Lipinski definition) is 1. The third-order valence-electron chi connectivity index (χ3n) is 4.39. The number of hydrogen-bond acceptors (Lipinski definition) is 5. The fraction of sp³-hybridized carbons (Fsp3) is 0.300. The zero-order valence-corrected chi connectivity index (χ0v) is 16.9. The molecule has 7 nitrogen and oxygen atoms in total. The summed E-state index contributed by atoms with van der Waals surface area (Å²) in [6.07, 6.45) is 1.83. The number of amidine groups is 1. The molecule has 1 N–H and O–H groups in total. The average Bonchev–Trinajstić information content (AvgIpc) is 2.67. The van der Waals surface area contributed by atoms with Crippen molar-refractivity contribution in [2.45, 2.75) is 31.6 Å². The van der Waals surface area contributed by atoms with Crippen molar-refractivity contribution in [2.24, 2.45) is 4.40 Å². The van der Waals surface area contributed by atoms with E-state index in [1.807, 2.05) is 4.90 Å². The first-order valence-corrected chi connectivity index (χ1v) is 10.5. The quantitative estimate of drug-likeness (QED) is 0.801. The van der Waals surface area contributed by atoms with Gasteiger partial charge in [-0.25, -0.2) is 0 Å². The van der Waals surface area contributed by atoms with Gasteiger partial charge in [-0.05, 0) is 48.9 Å². The number of methoxy groups -OCH3 is 1. The van der Waals surface area contributed by atoms with Gasteiger partial charge in [0, 0.05) is 24.7 Å². The molecule has 0 fully saturated rings. The molecular formula is C20H23N3O4S. The summed E-state index contributed by atoms with van der Waals surface area (Å²) in [6, 6.07) is 12.0. The smallest absolute Gasteiger partial charge is 0.286 e. The normalized spacial score (nSPS) is 14.8. The van der Waals surface area contributed by atoms with Crippen LogP contribution in [-0.2, 0) is 14.8 Å². The van der Waals surface area contributed by atoms with Crippen LogP contribution in [0.4, 0.5) is 11.4 Å². The van der Waals surface area contributed by atoms with Gasteiger partial charge in [-0.15, -0.1) is 4.40 Å². The highest BCUT2D eigenvalue weighted by Gasteiger charge is 2.31. The highest BCUT2D eigenvalue weighted by Crippen LogP contribution is 2.35. The van der Waals surface area contributed by atoms with E-state index in [1.54, 1.807) is 43.5 Å². The van der Waals surface area contributed by atoms with E-state index in [1.165, 1.54) is 13.0 Å². The summed E-state index contributed by atoms with van der Waals surface area (Å²) in [5.41, 5.74) is 1.67. The number of nitrogens with zero attached hydrogens (tertiary/aromatic N) is 2. The lowest BCUT2D eigenvalue weighted by Gasteiger charge is -2.31. The Morgan fingerprint density at radius 3 is 2.50 bits per heavy atom. The van der Waals surface area contributed by atoms with E-state index in [0.29, 0.717) is 35.1 Å². The van der Waals surface area contributed by atoms with Crippen molar-refractivity contribution in [1.29, 1.82) is 0 Å². The summed E-state index contributed by atoms with van der Waals surface area (Å²) in [5, 5.41) is 2.62. The molecule has 0 spiro atoms. The summed E-state index contributed by atoms with van der Waals surface area (Å²) in [5.74, 6) is 0.803. The Labute approximate surface area is 165 Å². The van der Waals surface area contributed by atoms with Gasteiger partial charge >= 0.3 is 0 Å². The Bertz CT molecular complexity index is 1010. The lowest BCUT2D eigenvalue weighted by Crippen LogP contribution is -2.37. The van der Waals surface area contributed by atoms with Crippen LogP contribution in [0.1, 0.15) is 32.3 Å². The molecule has 0 unspecified atom stereocenters. The van der Waals surface area contributed by atoms with Gasteiger partial charge in [-0.2, -0.15) is 8.42 Å².